The number of hydrogen-bond donors (Lipinski definition) is 4. The molecule has 5 nitrogen and oxygen atoms in total. The van der Waals surface area contributed by atoms with Gasteiger partial charge in [0, 0.05) is 17.1 Å². The average molecular weight is 260 g/mol. The van der Waals surface area contributed by atoms with Crippen molar-refractivity contribution in [3.05, 3.63) is 35.5 Å². The van der Waals surface area contributed by atoms with Gasteiger partial charge in [0.25, 0.3) is 0 Å². The lowest BCUT2D eigenvalue weighted by atomic mass is 9.86. The van der Waals surface area contributed by atoms with E-state index in [-0.39, 0.29) is 0 Å². The minimum absolute atomic E-state index is 0.323. The van der Waals surface area contributed by atoms with Crippen molar-refractivity contribution in [1.82, 2.24) is 10.2 Å². The topological polar surface area (TPSA) is 85.4 Å². The molecular formula is C13H17BN2O3. The molecular weight excluding hydrogens is 243 g/mol. The summed E-state index contributed by atoms with van der Waals surface area (Å²) < 4.78 is 0. The van der Waals surface area contributed by atoms with Gasteiger partial charge in [0.2, 0.25) is 0 Å². The zero-order valence-corrected chi connectivity index (χ0v) is 11.0. The molecule has 100 valence electrons. The maximum atomic E-state index is 11.2. The van der Waals surface area contributed by atoms with Gasteiger partial charge in [-0.3, -0.25) is 4.79 Å². The van der Waals surface area contributed by atoms with E-state index in [1.54, 1.807) is 0 Å². The first kappa shape index (κ1) is 13.6. The zero-order valence-electron chi connectivity index (χ0n) is 11.0. The number of hydrogen-bond acceptors (Lipinski definition) is 3. The van der Waals surface area contributed by atoms with Crippen LogP contribution in [0.25, 0.3) is 10.9 Å². The molecule has 1 atom stereocenters. The molecule has 19 heavy (non-hydrogen) atoms. The predicted octanol–water partition coefficient (Wildman–Crippen LogP) is 1.17. The molecule has 0 aliphatic heterocycles. The SMILES string of the molecule is CB(O)N[C@@H](Cc1c[nH]c2cc(C)ccc12)C(=O)O. The van der Waals surface area contributed by atoms with Gasteiger partial charge in [-0.05, 0) is 37.4 Å². The van der Waals surface area contributed by atoms with E-state index in [4.69, 9.17) is 5.11 Å². The first-order valence-corrected chi connectivity index (χ1v) is 6.21. The molecule has 0 saturated heterocycles. The minimum atomic E-state index is -0.970. The van der Waals surface area contributed by atoms with E-state index in [2.05, 4.69) is 10.2 Å². The molecule has 1 heterocycles. The maximum Gasteiger partial charge on any atom is 0.374 e. The molecule has 2 rings (SSSR count). The number of H-pyrrole nitrogens is 1. The number of rotatable bonds is 5. The summed E-state index contributed by atoms with van der Waals surface area (Å²) in [6.07, 6.45) is 2.15. The number of aryl methyl sites for hydroxylation is 1. The Balaban J connectivity index is 2.26. The van der Waals surface area contributed by atoms with Crippen LogP contribution in [0.1, 0.15) is 11.1 Å². The first-order chi connectivity index (χ1) is 8.97. The summed E-state index contributed by atoms with van der Waals surface area (Å²) in [6, 6.07) is 5.20. The molecule has 2 aromatic rings. The summed E-state index contributed by atoms with van der Waals surface area (Å²) in [6.45, 7) is 3.52. The Morgan fingerprint density at radius 2 is 2.26 bits per heavy atom. The minimum Gasteiger partial charge on any atom is -0.480 e. The van der Waals surface area contributed by atoms with Gasteiger partial charge < -0.3 is 20.3 Å². The van der Waals surface area contributed by atoms with Crippen molar-refractivity contribution in [3.63, 3.8) is 0 Å². The van der Waals surface area contributed by atoms with Crippen molar-refractivity contribution >= 4 is 23.9 Å². The number of carboxylic acid groups (broad SMARTS) is 1. The molecule has 0 aliphatic carbocycles. The smallest absolute Gasteiger partial charge is 0.374 e. The van der Waals surface area contributed by atoms with Gasteiger partial charge in [0.05, 0.1) is 0 Å². The number of aliphatic carboxylic acids is 1. The molecule has 0 bridgehead atoms. The fourth-order valence-electron chi connectivity index (χ4n) is 2.20. The van der Waals surface area contributed by atoms with Gasteiger partial charge >= 0.3 is 13.0 Å². The molecule has 1 aromatic heterocycles. The number of aromatic nitrogens is 1. The Labute approximate surface area is 111 Å². The molecule has 0 amide bonds. The fraction of sp³-hybridized carbons (Fsp3) is 0.308. The van der Waals surface area contributed by atoms with E-state index in [1.165, 1.54) is 6.82 Å². The number of aromatic amines is 1. The van der Waals surface area contributed by atoms with Crippen LogP contribution in [0.3, 0.4) is 0 Å². The van der Waals surface area contributed by atoms with Crippen molar-refractivity contribution in [1.29, 1.82) is 0 Å². The summed E-state index contributed by atoms with van der Waals surface area (Å²) in [4.78, 5) is 14.3. The van der Waals surface area contributed by atoms with Gasteiger partial charge in [-0.25, -0.2) is 0 Å². The quantitative estimate of drug-likeness (QED) is 0.608. The Hall–Kier alpha value is -1.79. The molecule has 0 aliphatic rings. The van der Waals surface area contributed by atoms with Crippen molar-refractivity contribution in [2.24, 2.45) is 0 Å². The monoisotopic (exact) mass is 260 g/mol. The highest BCUT2D eigenvalue weighted by Crippen LogP contribution is 2.20. The van der Waals surface area contributed by atoms with Gasteiger partial charge in [-0.2, -0.15) is 0 Å². The molecule has 1 aromatic carbocycles. The van der Waals surface area contributed by atoms with E-state index in [9.17, 15) is 9.82 Å². The van der Waals surface area contributed by atoms with Crippen LogP contribution in [0.5, 0.6) is 0 Å². The van der Waals surface area contributed by atoms with Crippen LogP contribution in [-0.2, 0) is 11.2 Å². The van der Waals surface area contributed by atoms with E-state index in [1.807, 2.05) is 31.3 Å². The van der Waals surface area contributed by atoms with Crippen molar-refractivity contribution in [2.75, 3.05) is 0 Å². The van der Waals surface area contributed by atoms with Crippen molar-refractivity contribution in [3.8, 4) is 0 Å². The molecule has 0 spiro atoms. The first-order valence-electron chi connectivity index (χ1n) is 6.21. The van der Waals surface area contributed by atoms with Crippen LogP contribution in [0.4, 0.5) is 0 Å². The van der Waals surface area contributed by atoms with Crippen LogP contribution < -0.4 is 5.23 Å². The summed E-state index contributed by atoms with van der Waals surface area (Å²) in [5.74, 6) is -0.970. The van der Waals surface area contributed by atoms with E-state index >= 15 is 0 Å². The third-order valence-corrected chi connectivity index (χ3v) is 3.09. The molecule has 0 radical (unpaired) electrons. The maximum absolute atomic E-state index is 11.2. The lowest BCUT2D eigenvalue weighted by molar-refractivity contribution is -0.139. The second-order valence-corrected chi connectivity index (χ2v) is 4.80. The molecule has 6 heteroatoms. The molecule has 0 unspecified atom stereocenters. The Kier molecular flexibility index (Phi) is 3.92. The predicted molar refractivity (Wildman–Crippen MR) is 75.1 cm³/mol. The van der Waals surface area contributed by atoms with Gasteiger partial charge in [-0.15, -0.1) is 0 Å². The Morgan fingerprint density at radius 3 is 2.89 bits per heavy atom. The van der Waals surface area contributed by atoms with Crippen molar-refractivity contribution in [2.45, 2.75) is 26.2 Å². The van der Waals surface area contributed by atoms with Crippen LogP contribution in [-0.4, -0.2) is 34.2 Å². The number of fused-ring (bicyclic) bond motifs is 1. The standard InChI is InChI=1S/C13H17BN2O3/c1-8-3-4-10-9(7-15-11(10)5-8)6-12(13(17)18)16-14(2)19/h3-5,7,12,15-16,19H,6H2,1-2H3,(H,17,18)/t12-/m0/s1. The number of carbonyl (C=O) groups is 1. The highest BCUT2D eigenvalue weighted by atomic mass is 16.4. The molecule has 4 N–H and O–H groups in total. The summed E-state index contributed by atoms with van der Waals surface area (Å²) >= 11 is 0. The van der Waals surface area contributed by atoms with E-state index in [0.29, 0.717) is 6.42 Å². The van der Waals surface area contributed by atoms with Gasteiger partial charge in [0.15, 0.2) is 0 Å². The van der Waals surface area contributed by atoms with Gasteiger partial charge in [-0.1, -0.05) is 12.1 Å². The van der Waals surface area contributed by atoms with Crippen molar-refractivity contribution < 1.29 is 14.9 Å². The summed E-state index contributed by atoms with van der Waals surface area (Å²) in [5.41, 5.74) is 3.07. The highest BCUT2D eigenvalue weighted by Gasteiger charge is 2.22. The van der Waals surface area contributed by atoms with Crippen LogP contribution >= 0.6 is 0 Å². The average Bonchev–Trinajstić information content (AvgIpc) is 2.70. The molecule has 0 saturated carbocycles. The van der Waals surface area contributed by atoms with E-state index < -0.39 is 19.1 Å². The summed E-state index contributed by atoms with van der Waals surface area (Å²) in [5, 5.41) is 22.1. The largest absolute Gasteiger partial charge is 0.480 e. The number of benzene rings is 1. The zero-order chi connectivity index (χ0) is 14.0. The third-order valence-electron chi connectivity index (χ3n) is 3.09. The number of nitrogens with one attached hydrogen (secondary N) is 2. The molecule has 0 fully saturated rings. The second kappa shape index (κ2) is 5.46. The summed E-state index contributed by atoms with van der Waals surface area (Å²) in [7, 11) is -0.853. The van der Waals surface area contributed by atoms with Crippen LogP contribution in [0, 0.1) is 6.92 Å². The second-order valence-electron chi connectivity index (χ2n) is 4.80. The lowest BCUT2D eigenvalue weighted by Gasteiger charge is -2.14. The normalized spacial score (nSPS) is 12.6. The number of carboxylic acids is 1. The third kappa shape index (κ3) is 3.16. The van der Waals surface area contributed by atoms with E-state index in [0.717, 1.165) is 22.0 Å². The Morgan fingerprint density at radius 1 is 1.53 bits per heavy atom. The lowest BCUT2D eigenvalue weighted by Crippen LogP contribution is -2.46. The highest BCUT2D eigenvalue weighted by molar-refractivity contribution is 6.46. The van der Waals surface area contributed by atoms with Gasteiger partial charge in [0.1, 0.15) is 6.04 Å². The van der Waals surface area contributed by atoms with Crippen LogP contribution in [0.2, 0.25) is 6.82 Å². The fourth-order valence-corrected chi connectivity index (χ4v) is 2.20. The Bertz CT molecular complexity index is 595. The van der Waals surface area contributed by atoms with Crippen LogP contribution in [0.15, 0.2) is 24.4 Å².